The van der Waals surface area contributed by atoms with Crippen molar-refractivity contribution in [2.24, 2.45) is 0 Å². The second-order valence-corrected chi connectivity index (χ2v) is 40.7. The van der Waals surface area contributed by atoms with Gasteiger partial charge in [-0.2, -0.15) is 0 Å². The largest absolute Gasteiger partial charge is 0.456 e. The summed E-state index contributed by atoms with van der Waals surface area (Å²) < 4.78 is 9.59. The lowest BCUT2D eigenvalue weighted by Crippen LogP contribution is -2.61. The molecule has 0 saturated heterocycles. The molecule has 2 aliphatic rings. The Bertz CT molecular complexity index is 7470. The van der Waals surface area contributed by atoms with E-state index in [4.69, 9.17) is 4.42 Å². The van der Waals surface area contributed by atoms with E-state index in [9.17, 15) is 0 Å². The van der Waals surface area contributed by atoms with E-state index in [1.807, 2.05) is 11.3 Å². The van der Waals surface area contributed by atoms with Crippen molar-refractivity contribution in [1.82, 2.24) is 0 Å². The summed E-state index contributed by atoms with van der Waals surface area (Å²) in [6.07, 6.45) is 0. The number of nitrogens with zero attached hydrogens (tertiary/aromatic N) is 2. The molecule has 2 aliphatic heterocycles. The van der Waals surface area contributed by atoms with Crippen molar-refractivity contribution in [2.45, 2.75) is 105 Å². The molecule has 0 amide bonds. The molecule has 0 N–H and O–H groups in total. The Morgan fingerprint density at radius 2 is 0.566 bits per heavy atom. The highest BCUT2D eigenvalue weighted by atomic mass is 32.1. The Hall–Kier alpha value is -14.4. The highest BCUT2D eigenvalue weighted by Gasteiger charge is 2.47. The lowest BCUT2D eigenvalue weighted by Gasteiger charge is -2.46. The van der Waals surface area contributed by atoms with Crippen molar-refractivity contribution < 1.29 is 4.42 Å². The molecule has 0 spiro atoms. The molecule has 0 aliphatic carbocycles. The highest BCUT2D eigenvalue weighted by Crippen LogP contribution is 2.58. The minimum Gasteiger partial charge on any atom is -0.456 e. The summed E-state index contributed by atoms with van der Waals surface area (Å²) in [6.45, 7) is 28.1. The normalized spacial score (nSPS) is 12.8. The zero-order chi connectivity index (χ0) is 87.9. The number of fused-ring (bicyclic) bond motifs is 10. The Morgan fingerprint density at radius 1 is 0.217 bits per heavy atom. The van der Waals surface area contributed by atoms with Crippen LogP contribution in [0.4, 0.5) is 34.1 Å². The van der Waals surface area contributed by atoms with Crippen LogP contribution in [0.15, 0.2) is 399 Å². The summed E-state index contributed by atoms with van der Waals surface area (Å²) in [5, 5.41) is 4.62. The summed E-state index contributed by atoms with van der Waals surface area (Å²) in [5.74, 6) is 0. The smallest absolute Gasteiger partial charge is 0.252 e. The number of furan rings is 1. The van der Waals surface area contributed by atoms with E-state index < -0.39 is 0 Å². The molecule has 20 aromatic rings. The second kappa shape index (κ2) is 31.3. The van der Waals surface area contributed by atoms with Gasteiger partial charge in [0.05, 0.1) is 11.4 Å². The summed E-state index contributed by atoms with van der Waals surface area (Å²) in [4.78, 5) is 5.55. The van der Waals surface area contributed by atoms with Crippen LogP contribution in [0.25, 0.3) is 165 Å². The van der Waals surface area contributed by atoms with Gasteiger partial charge in [-0.3, -0.25) is 0 Å². The molecule has 0 bridgehead atoms. The number of benzene rings is 18. The number of anilines is 6. The first-order valence-electron chi connectivity index (χ1n) is 45.5. The van der Waals surface area contributed by atoms with E-state index in [0.717, 1.165) is 167 Å². The molecule has 0 saturated carbocycles. The third-order valence-corrected chi connectivity index (χ3v) is 28.1. The van der Waals surface area contributed by atoms with Crippen LogP contribution in [0.1, 0.15) is 105 Å². The van der Waals surface area contributed by atoms with E-state index in [1.165, 1.54) is 69.9 Å². The Balaban J connectivity index is 0.966. The number of hydrogen-bond donors (Lipinski definition) is 0. The van der Waals surface area contributed by atoms with Crippen molar-refractivity contribution in [1.29, 1.82) is 0 Å². The van der Waals surface area contributed by atoms with Crippen LogP contribution in [0, 0.1) is 0 Å². The summed E-state index contributed by atoms with van der Waals surface area (Å²) in [7, 11) is 0. The molecular formula is C124H101BN2OS. The van der Waals surface area contributed by atoms with E-state index in [1.54, 1.807) is 0 Å². The molecule has 22 rings (SSSR count). The van der Waals surface area contributed by atoms with Crippen LogP contribution in [0.2, 0.25) is 0 Å². The molecule has 2 aromatic heterocycles. The average Bonchev–Trinajstić information content (AvgIpc) is 1.27. The maximum absolute atomic E-state index is 7.10. The van der Waals surface area contributed by atoms with Crippen molar-refractivity contribution in [3.63, 3.8) is 0 Å². The van der Waals surface area contributed by atoms with E-state index >= 15 is 0 Å². The number of thiophene rings is 1. The van der Waals surface area contributed by atoms with Gasteiger partial charge in [0.25, 0.3) is 6.71 Å². The van der Waals surface area contributed by atoms with Gasteiger partial charge in [-0.15, -0.1) is 11.3 Å². The Labute approximate surface area is 763 Å². The van der Waals surface area contributed by atoms with Crippen LogP contribution >= 0.6 is 11.3 Å². The maximum Gasteiger partial charge on any atom is 0.252 e. The fourth-order valence-electron chi connectivity index (χ4n) is 20.1. The molecule has 5 heteroatoms. The van der Waals surface area contributed by atoms with Gasteiger partial charge >= 0.3 is 0 Å². The summed E-state index contributed by atoms with van der Waals surface area (Å²) >= 11 is 1.88. The molecule has 4 heterocycles. The fourth-order valence-corrected chi connectivity index (χ4v) is 21.3. The van der Waals surface area contributed by atoms with Gasteiger partial charge in [0.1, 0.15) is 11.2 Å². The standard InChI is InChI=1S/C124H101BN2OS/c1-121(2,3)94-67-92(68-95(73-94)122(4,5)6)85-57-59-106-109(70-85)127(119-102(82-45-27-17-28-46-82)74-96(123(7,8)9)75-103(119)83-47-29-18-30-48-83)111-72-93(91-65-88(80-41-23-15-24-42-80)62-89(66-91)81-43-25-16-26-44-81)71-110-118(111)125(106)107-69-84(90-63-86(78-37-19-13-20-38-78)61-87(64-90)79-39-21-14-22-40-79)58-60-108(107)126(110)120-104(98-51-35-54-113-116(98)100-49-31-33-53-112(100)128-113)76-97(124(10,11)12)77-105(120)99-52-36-56-115-117(99)101-50-32-34-55-114(101)129-115/h13-77H,1-12H3. The zero-order valence-electron chi connectivity index (χ0n) is 75.3. The van der Waals surface area contributed by atoms with Crippen molar-refractivity contribution in [2.75, 3.05) is 9.80 Å². The van der Waals surface area contributed by atoms with Gasteiger partial charge in [-0.25, -0.2) is 0 Å². The van der Waals surface area contributed by atoms with Crippen LogP contribution < -0.4 is 26.2 Å². The van der Waals surface area contributed by atoms with Crippen molar-refractivity contribution in [3.05, 3.63) is 417 Å². The minimum absolute atomic E-state index is 0.155. The zero-order valence-corrected chi connectivity index (χ0v) is 76.1. The van der Waals surface area contributed by atoms with Crippen molar-refractivity contribution >= 4 is 111 Å². The molecule has 0 radical (unpaired) electrons. The van der Waals surface area contributed by atoms with Gasteiger partial charge in [-0.1, -0.05) is 368 Å². The van der Waals surface area contributed by atoms with Gasteiger partial charge in [0.15, 0.2) is 0 Å². The van der Waals surface area contributed by atoms with Crippen LogP contribution in [0.5, 0.6) is 0 Å². The first-order valence-corrected chi connectivity index (χ1v) is 46.3. The molecule has 129 heavy (non-hydrogen) atoms. The fraction of sp³-hybridized carbons (Fsp3) is 0.129. The molecule has 18 aromatic carbocycles. The number of hydrogen-bond acceptors (Lipinski definition) is 4. The Kier molecular flexibility index (Phi) is 19.5. The van der Waals surface area contributed by atoms with E-state index in [0.29, 0.717) is 0 Å². The van der Waals surface area contributed by atoms with Gasteiger partial charge in [0, 0.05) is 75.9 Å². The first kappa shape index (κ1) is 80.5. The van der Waals surface area contributed by atoms with Crippen molar-refractivity contribution in [3.8, 4) is 122 Å². The first-order chi connectivity index (χ1) is 62.5. The number of para-hydroxylation sites is 1. The van der Waals surface area contributed by atoms with Gasteiger partial charge in [0.2, 0.25) is 0 Å². The SMILES string of the molecule is CC(C)(C)c1cc(-c2ccc3c(c2)N(c2c(-c4ccccc4)cc(C(C)(C)C)cc2-c2ccccc2)c2cc(-c4cc(-c5ccccc5)cc(-c5ccccc5)c4)cc4c2B3c2cc(-c3cc(-c5ccccc5)cc(-c5ccccc5)c3)ccc2N4c2c(-c3cccc4oc5ccccc5c34)cc(C(C)(C)C)cc2-c2cccc3sc4ccccc4c23)cc(C(C)(C)C)c1. The monoisotopic (exact) mass is 1680 g/mol. The second-order valence-electron chi connectivity index (χ2n) is 39.6. The molecule has 3 nitrogen and oxygen atoms in total. The lowest BCUT2D eigenvalue weighted by molar-refractivity contribution is 0.569. The maximum atomic E-state index is 7.10. The third kappa shape index (κ3) is 14.4. The topological polar surface area (TPSA) is 19.6 Å². The van der Waals surface area contributed by atoms with Crippen LogP contribution in [0.3, 0.4) is 0 Å². The van der Waals surface area contributed by atoms with Gasteiger partial charge < -0.3 is 14.2 Å². The molecule has 0 unspecified atom stereocenters. The highest BCUT2D eigenvalue weighted by molar-refractivity contribution is 7.26. The molecule has 0 fully saturated rings. The third-order valence-electron chi connectivity index (χ3n) is 27.0. The summed E-state index contributed by atoms with van der Waals surface area (Å²) in [6, 6.07) is 151. The average molecular weight is 1680 g/mol. The van der Waals surface area contributed by atoms with Crippen LogP contribution in [-0.2, 0) is 21.7 Å². The summed E-state index contributed by atoms with van der Waals surface area (Å²) in [5.41, 5.74) is 40.9. The van der Waals surface area contributed by atoms with Crippen LogP contribution in [-0.4, -0.2) is 6.71 Å². The lowest BCUT2D eigenvalue weighted by atomic mass is 9.33. The molecular weight excluding hydrogens is 1580 g/mol. The quantitative estimate of drug-likeness (QED) is 0.107. The molecule has 622 valence electrons. The predicted molar refractivity (Wildman–Crippen MR) is 555 cm³/mol. The number of rotatable bonds is 13. The predicted octanol–water partition coefficient (Wildman–Crippen LogP) is 33.6. The molecule has 0 atom stereocenters. The Morgan fingerprint density at radius 3 is 1.06 bits per heavy atom. The van der Waals surface area contributed by atoms with Gasteiger partial charge in [-0.05, 0) is 270 Å². The minimum atomic E-state index is -0.386. The van der Waals surface area contributed by atoms with E-state index in [-0.39, 0.29) is 28.4 Å². The van der Waals surface area contributed by atoms with E-state index in [2.05, 4.69) is 487 Å².